The van der Waals surface area contributed by atoms with Crippen LogP contribution in [0.3, 0.4) is 0 Å². The van der Waals surface area contributed by atoms with E-state index in [0.29, 0.717) is 0 Å². The lowest BCUT2D eigenvalue weighted by atomic mass is 9.82. The Bertz CT molecular complexity index is 167. The molecule has 1 saturated carbocycles. The molecular formula is C14H29N. The second kappa shape index (κ2) is 6.52. The van der Waals surface area contributed by atoms with Crippen molar-refractivity contribution in [3.05, 3.63) is 0 Å². The van der Waals surface area contributed by atoms with Crippen LogP contribution >= 0.6 is 0 Å². The lowest BCUT2D eigenvalue weighted by Gasteiger charge is -2.32. The van der Waals surface area contributed by atoms with Crippen LogP contribution in [0.5, 0.6) is 0 Å². The SMILES string of the molecule is CCCNC(C(C)CC)C1CCCC1C. The lowest BCUT2D eigenvalue weighted by Crippen LogP contribution is -2.42. The number of nitrogens with one attached hydrogen (secondary N) is 1. The molecule has 0 spiro atoms. The van der Waals surface area contributed by atoms with Crippen LogP contribution in [0.1, 0.15) is 59.8 Å². The van der Waals surface area contributed by atoms with Crippen molar-refractivity contribution in [1.82, 2.24) is 5.32 Å². The van der Waals surface area contributed by atoms with Gasteiger partial charge in [-0.05, 0) is 37.1 Å². The molecule has 1 nitrogen and oxygen atoms in total. The van der Waals surface area contributed by atoms with E-state index in [1.165, 1.54) is 38.6 Å². The Morgan fingerprint density at radius 3 is 2.47 bits per heavy atom. The van der Waals surface area contributed by atoms with Gasteiger partial charge in [-0.15, -0.1) is 0 Å². The van der Waals surface area contributed by atoms with Gasteiger partial charge in [0.25, 0.3) is 0 Å². The van der Waals surface area contributed by atoms with E-state index < -0.39 is 0 Å². The minimum Gasteiger partial charge on any atom is -0.313 e. The van der Waals surface area contributed by atoms with Crippen LogP contribution < -0.4 is 5.32 Å². The first-order chi connectivity index (χ1) is 7.20. The Hall–Kier alpha value is -0.0400. The molecule has 1 aliphatic rings. The topological polar surface area (TPSA) is 12.0 Å². The molecule has 1 aliphatic carbocycles. The van der Waals surface area contributed by atoms with Crippen LogP contribution in [0.2, 0.25) is 0 Å². The molecule has 0 aliphatic heterocycles. The largest absolute Gasteiger partial charge is 0.313 e. The molecule has 0 saturated heterocycles. The maximum atomic E-state index is 3.79. The summed E-state index contributed by atoms with van der Waals surface area (Å²) in [4.78, 5) is 0. The van der Waals surface area contributed by atoms with E-state index in [1.54, 1.807) is 0 Å². The second-order valence-corrected chi connectivity index (χ2v) is 5.44. The summed E-state index contributed by atoms with van der Waals surface area (Å²) in [6.45, 7) is 10.6. The smallest absolute Gasteiger partial charge is 0.0123 e. The van der Waals surface area contributed by atoms with E-state index in [0.717, 1.165) is 23.8 Å². The van der Waals surface area contributed by atoms with Crippen molar-refractivity contribution >= 4 is 0 Å². The molecule has 0 aromatic carbocycles. The third-order valence-electron chi connectivity index (χ3n) is 4.28. The summed E-state index contributed by atoms with van der Waals surface area (Å²) in [5.74, 6) is 2.71. The average Bonchev–Trinajstić information content (AvgIpc) is 2.65. The average molecular weight is 211 g/mol. The fraction of sp³-hybridized carbons (Fsp3) is 1.00. The molecule has 0 amide bonds. The van der Waals surface area contributed by atoms with Gasteiger partial charge in [0.1, 0.15) is 0 Å². The molecule has 90 valence electrons. The number of hydrogen-bond acceptors (Lipinski definition) is 1. The Balaban J connectivity index is 2.53. The zero-order chi connectivity index (χ0) is 11.3. The fourth-order valence-corrected chi connectivity index (χ4v) is 3.05. The van der Waals surface area contributed by atoms with Gasteiger partial charge < -0.3 is 5.32 Å². The predicted octanol–water partition coefficient (Wildman–Crippen LogP) is 3.84. The summed E-state index contributed by atoms with van der Waals surface area (Å²) in [6.07, 6.45) is 6.92. The molecule has 4 atom stereocenters. The minimum atomic E-state index is 0.771. The Kier molecular flexibility index (Phi) is 5.66. The van der Waals surface area contributed by atoms with Crippen LogP contribution in [0.4, 0.5) is 0 Å². The van der Waals surface area contributed by atoms with Gasteiger partial charge in [-0.3, -0.25) is 0 Å². The van der Waals surface area contributed by atoms with Crippen molar-refractivity contribution in [3.63, 3.8) is 0 Å². The van der Waals surface area contributed by atoms with Crippen molar-refractivity contribution < 1.29 is 0 Å². The third kappa shape index (κ3) is 3.48. The van der Waals surface area contributed by atoms with Gasteiger partial charge in [-0.25, -0.2) is 0 Å². The Morgan fingerprint density at radius 2 is 2.00 bits per heavy atom. The van der Waals surface area contributed by atoms with E-state index in [2.05, 4.69) is 33.0 Å². The molecule has 15 heavy (non-hydrogen) atoms. The molecule has 0 bridgehead atoms. The molecule has 4 unspecified atom stereocenters. The van der Waals surface area contributed by atoms with Gasteiger partial charge in [-0.1, -0.05) is 47.0 Å². The van der Waals surface area contributed by atoms with Gasteiger partial charge in [0, 0.05) is 6.04 Å². The molecule has 0 radical (unpaired) electrons. The van der Waals surface area contributed by atoms with E-state index in [9.17, 15) is 0 Å². The molecule has 1 N–H and O–H groups in total. The summed E-state index contributed by atoms with van der Waals surface area (Å²) in [6, 6.07) is 0.771. The molecule has 0 aromatic heterocycles. The standard InChI is InChI=1S/C14H29N/c1-5-10-15-14(11(3)6-2)13-9-7-8-12(13)4/h11-15H,5-10H2,1-4H3. The first kappa shape index (κ1) is 13.0. The normalized spacial score (nSPS) is 30.4. The summed E-state index contributed by atoms with van der Waals surface area (Å²) in [7, 11) is 0. The van der Waals surface area contributed by atoms with Crippen molar-refractivity contribution in [3.8, 4) is 0 Å². The molecule has 1 heteroatoms. The zero-order valence-corrected chi connectivity index (χ0v) is 11.1. The van der Waals surface area contributed by atoms with Crippen LogP contribution in [-0.2, 0) is 0 Å². The van der Waals surface area contributed by atoms with Gasteiger partial charge in [0.2, 0.25) is 0 Å². The molecule has 0 heterocycles. The fourth-order valence-electron chi connectivity index (χ4n) is 3.05. The van der Waals surface area contributed by atoms with Crippen LogP contribution in [0.15, 0.2) is 0 Å². The van der Waals surface area contributed by atoms with Crippen LogP contribution in [0, 0.1) is 17.8 Å². The quantitative estimate of drug-likeness (QED) is 0.704. The summed E-state index contributed by atoms with van der Waals surface area (Å²) < 4.78 is 0. The monoisotopic (exact) mass is 211 g/mol. The molecule has 1 rings (SSSR count). The number of hydrogen-bond donors (Lipinski definition) is 1. The first-order valence-corrected chi connectivity index (χ1v) is 6.94. The maximum absolute atomic E-state index is 3.79. The second-order valence-electron chi connectivity index (χ2n) is 5.44. The van der Waals surface area contributed by atoms with Crippen LogP contribution in [0.25, 0.3) is 0 Å². The Labute approximate surface area is 96.0 Å². The van der Waals surface area contributed by atoms with Crippen molar-refractivity contribution in [1.29, 1.82) is 0 Å². The number of rotatable bonds is 6. The maximum Gasteiger partial charge on any atom is 0.0123 e. The summed E-state index contributed by atoms with van der Waals surface area (Å²) >= 11 is 0. The highest BCUT2D eigenvalue weighted by Gasteiger charge is 2.32. The van der Waals surface area contributed by atoms with Crippen molar-refractivity contribution in [2.24, 2.45) is 17.8 Å². The van der Waals surface area contributed by atoms with Crippen LogP contribution in [-0.4, -0.2) is 12.6 Å². The lowest BCUT2D eigenvalue weighted by molar-refractivity contribution is 0.227. The van der Waals surface area contributed by atoms with E-state index in [1.807, 2.05) is 0 Å². The van der Waals surface area contributed by atoms with Gasteiger partial charge in [-0.2, -0.15) is 0 Å². The van der Waals surface area contributed by atoms with E-state index in [-0.39, 0.29) is 0 Å². The summed E-state index contributed by atoms with van der Waals surface area (Å²) in [5.41, 5.74) is 0. The summed E-state index contributed by atoms with van der Waals surface area (Å²) in [5, 5.41) is 3.79. The van der Waals surface area contributed by atoms with Gasteiger partial charge >= 0.3 is 0 Å². The first-order valence-electron chi connectivity index (χ1n) is 6.94. The molecular weight excluding hydrogens is 182 g/mol. The highest BCUT2D eigenvalue weighted by Crippen LogP contribution is 2.36. The zero-order valence-electron chi connectivity index (χ0n) is 11.1. The van der Waals surface area contributed by atoms with Gasteiger partial charge in [0.15, 0.2) is 0 Å². The predicted molar refractivity (Wildman–Crippen MR) is 68.0 cm³/mol. The molecule has 0 aromatic rings. The van der Waals surface area contributed by atoms with E-state index >= 15 is 0 Å². The minimum absolute atomic E-state index is 0.771. The van der Waals surface area contributed by atoms with E-state index in [4.69, 9.17) is 0 Å². The highest BCUT2D eigenvalue weighted by molar-refractivity contribution is 4.87. The van der Waals surface area contributed by atoms with Crippen molar-refractivity contribution in [2.75, 3.05) is 6.54 Å². The van der Waals surface area contributed by atoms with Crippen molar-refractivity contribution in [2.45, 2.75) is 65.8 Å². The third-order valence-corrected chi connectivity index (χ3v) is 4.28. The highest BCUT2D eigenvalue weighted by atomic mass is 14.9. The van der Waals surface area contributed by atoms with Gasteiger partial charge in [0.05, 0.1) is 0 Å². The Morgan fingerprint density at radius 1 is 1.27 bits per heavy atom. The molecule has 1 fully saturated rings.